The first kappa shape index (κ1) is 19.4. The van der Waals surface area contributed by atoms with Gasteiger partial charge in [-0.25, -0.2) is 12.7 Å². The van der Waals surface area contributed by atoms with E-state index < -0.39 is 10.0 Å². The molecule has 1 aromatic carbocycles. The van der Waals surface area contributed by atoms with Crippen LogP contribution in [0.15, 0.2) is 16.6 Å². The Kier molecular flexibility index (Phi) is 6.45. The van der Waals surface area contributed by atoms with Gasteiger partial charge in [0.1, 0.15) is 0 Å². The summed E-state index contributed by atoms with van der Waals surface area (Å²) in [4.78, 5) is 12.7. The van der Waals surface area contributed by atoms with Crippen LogP contribution in [0.4, 0.5) is 5.69 Å². The van der Waals surface area contributed by atoms with E-state index >= 15 is 0 Å². The molecule has 1 atom stereocenters. The Bertz CT molecular complexity index is 719. The molecule has 0 aliphatic carbocycles. The van der Waals surface area contributed by atoms with Crippen molar-refractivity contribution >= 4 is 37.5 Å². The van der Waals surface area contributed by atoms with Crippen LogP contribution in [0.25, 0.3) is 0 Å². The Morgan fingerprint density at radius 1 is 1.38 bits per heavy atom. The molecule has 0 radical (unpaired) electrons. The molecule has 134 valence electrons. The molecule has 1 saturated heterocycles. The van der Waals surface area contributed by atoms with Crippen LogP contribution in [0.5, 0.6) is 0 Å². The molecule has 24 heavy (non-hydrogen) atoms. The van der Waals surface area contributed by atoms with Crippen LogP contribution in [0.2, 0.25) is 0 Å². The van der Waals surface area contributed by atoms with Gasteiger partial charge in [0, 0.05) is 23.2 Å². The molecule has 0 aromatic heterocycles. The molecule has 1 N–H and O–H groups in total. The fraction of sp³-hybridized carbons (Fsp3) is 0.588. The molecule has 1 fully saturated rings. The van der Waals surface area contributed by atoms with E-state index in [0.717, 1.165) is 40.5 Å². The minimum atomic E-state index is -3.24. The van der Waals surface area contributed by atoms with Crippen molar-refractivity contribution in [2.45, 2.75) is 40.0 Å². The third kappa shape index (κ3) is 4.37. The summed E-state index contributed by atoms with van der Waals surface area (Å²) >= 11 is 3.48. The predicted octanol–water partition coefficient (Wildman–Crippen LogP) is 3.32. The number of nitrogens with zero attached hydrogens (tertiary/aromatic N) is 1. The van der Waals surface area contributed by atoms with Gasteiger partial charge in [0.25, 0.3) is 0 Å². The molecule has 1 aliphatic heterocycles. The van der Waals surface area contributed by atoms with E-state index in [9.17, 15) is 13.2 Å². The third-order valence-corrected chi connectivity index (χ3v) is 6.83. The molecule has 0 spiro atoms. The summed E-state index contributed by atoms with van der Waals surface area (Å²) < 4.78 is 26.6. The van der Waals surface area contributed by atoms with E-state index in [-0.39, 0.29) is 24.1 Å². The van der Waals surface area contributed by atoms with Gasteiger partial charge in [-0.1, -0.05) is 22.9 Å². The summed E-state index contributed by atoms with van der Waals surface area (Å²) in [6.07, 6.45) is 2.26. The minimum absolute atomic E-state index is 0.0765. The quantitative estimate of drug-likeness (QED) is 0.800. The molecule has 1 heterocycles. The number of anilines is 1. The number of amides is 1. The highest BCUT2D eigenvalue weighted by molar-refractivity contribution is 9.10. The Balaban J connectivity index is 2.16. The second-order valence-electron chi connectivity index (χ2n) is 6.20. The van der Waals surface area contributed by atoms with Crippen LogP contribution in [-0.4, -0.2) is 37.5 Å². The summed E-state index contributed by atoms with van der Waals surface area (Å²) in [6.45, 7) is 6.44. The van der Waals surface area contributed by atoms with Crippen molar-refractivity contribution in [3.05, 3.63) is 27.7 Å². The van der Waals surface area contributed by atoms with Crippen LogP contribution >= 0.6 is 15.9 Å². The van der Waals surface area contributed by atoms with Crippen molar-refractivity contribution < 1.29 is 13.2 Å². The van der Waals surface area contributed by atoms with Gasteiger partial charge in [0.05, 0.1) is 11.7 Å². The second kappa shape index (κ2) is 7.97. The van der Waals surface area contributed by atoms with E-state index in [4.69, 9.17) is 0 Å². The van der Waals surface area contributed by atoms with Gasteiger partial charge < -0.3 is 5.32 Å². The predicted molar refractivity (Wildman–Crippen MR) is 101 cm³/mol. The van der Waals surface area contributed by atoms with Crippen molar-refractivity contribution in [2.75, 3.05) is 24.2 Å². The Labute approximate surface area is 153 Å². The number of piperidine rings is 1. The zero-order chi connectivity index (χ0) is 17.9. The van der Waals surface area contributed by atoms with Gasteiger partial charge in [-0.15, -0.1) is 0 Å². The third-order valence-electron chi connectivity index (χ3n) is 4.52. The molecule has 0 saturated carbocycles. The highest BCUT2D eigenvalue weighted by Crippen LogP contribution is 2.28. The lowest BCUT2D eigenvalue weighted by Gasteiger charge is -2.31. The molecule has 1 aromatic rings. The number of nitrogens with one attached hydrogen (secondary N) is 1. The topological polar surface area (TPSA) is 66.5 Å². The van der Waals surface area contributed by atoms with E-state index in [1.54, 1.807) is 6.92 Å². The van der Waals surface area contributed by atoms with Crippen LogP contribution in [0, 0.1) is 12.8 Å². The second-order valence-corrected chi connectivity index (χ2v) is 9.37. The Morgan fingerprint density at radius 3 is 2.71 bits per heavy atom. The molecule has 0 bridgehead atoms. The highest BCUT2D eigenvalue weighted by Gasteiger charge is 2.31. The number of halogens is 1. The summed E-state index contributed by atoms with van der Waals surface area (Å²) in [7, 11) is -3.24. The largest absolute Gasteiger partial charge is 0.325 e. The first-order valence-electron chi connectivity index (χ1n) is 8.36. The first-order valence-corrected chi connectivity index (χ1v) is 10.8. The van der Waals surface area contributed by atoms with Crippen LogP contribution in [-0.2, 0) is 21.2 Å². The lowest BCUT2D eigenvalue weighted by Crippen LogP contribution is -2.44. The Morgan fingerprint density at radius 2 is 2.08 bits per heavy atom. The zero-order valence-corrected chi connectivity index (χ0v) is 16.8. The van der Waals surface area contributed by atoms with Gasteiger partial charge in [0.15, 0.2) is 0 Å². The highest BCUT2D eigenvalue weighted by atomic mass is 79.9. The standard InChI is InChI=1S/C17H25BrN2O3S/c1-4-13-10-15(18)9-12(3)16(13)19-17(21)14-7-6-8-20(11-14)24(22,23)5-2/h9-10,14H,4-8,11H2,1-3H3,(H,19,21)/t14-/m1/s1. The lowest BCUT2D eigenvalue weighted by molar-refractivity contribution is -0.120. The van der Waals surface area contributed by atoms with Crippen molar-refractivity contribution in [3.8, 4) is 0 Å². The number of aryl methyl sites for hydroxylation is 2. The fourth-order valence-electron chi connectivity index (χ4n) is 3.09. The number of hydrogen-bond donors (Lipinski definition) is 1. The first-order chi connectivity index (χ1) is 11.3. The average Bonchev–Trinajstić information content (AvgIpc) is 2.56. The maximum Gasteiger partial charge on any atom is 0.228 e. The number of benzene rings is 1. The average molecular weight is 417 g/mol. The zero-order valence-electron chi connectivity index (χ0n) is 14.4. The van der Waals surface area contributed by atoms with Crippen molar-refractivity contribution in [1.29, 1.82) is 0 Å². The molecule has 2 rings (SSSR count). The van der Waals surface area contributed by atoms with E-state index in [0.29, 0.717) is 6.54 Å². The number of rotatable bonds is 5. The number of carbonyl (C=O) groups is 1. The fourth-order valence-corrected chi connectivity index (χ4v) is 4.89. The van der Waals surface area contributed by atoms with E-state index in [1.165, 1.54) is 4.31 Å². The maximum absolute atomic E-state index is 12.7. The van der Waals surface area contributed by atoms with Gasteiger partial charge in [-0.3, -0.25) is 4.79 Å². The molecular weight excluding hydrogens is 392 g/mol. The minimum Gasteiger partial charge on any atom is -0.325 e. The lowest BCUT2D eigenvalue weighted by atomic mass is 9.98. The monoisotopic (exact) mass is 416 g/mol. The summed E-state index contributed by atoms with van der Waals surface area (Å²) in [6, 6.07) is 3.99. The molecule has 1 amide bonds. The SMILES string of the molecule is CCc1cc(Br)cc(C)c1NC(=O)[C@@H]1CCCN(S(=O)(=O)CC)C1. The maximum atomic E-state index is 12.7. The molecule has 0 unspecified atom stereocenters. The van der Waals surface area contributed by atoms with Crippen molar-refractivity contribution in [1.82, 2.24) is 4.31 Å². The van der Waals surface area contributed by atoms with Crippen molar-refractivity contribution in [2.24, 2.45) is 5.92 Å². The van der Waals surface area contributed by atoms with Gasteiger partial charge in [-0.05, 0) is 56.4 Å². The summed E-state index contributed by atoms with van der Waals surface area (Å²) in [5.74, 6) is -0.313. The van der Waals surface area contributed by atoms with Crippen LogP contribution < -0.4 is 5.32 Å². The number of carbonyl (C=O) groups excluding carboxylic acids is 1. The summed E-state index contributed by atoms with van der Waals surface area (Å²) in [5.41, 5.74) is 2.92. The van der Waals surface area contributed by atoms with Gasteiger partial charge in [0.2, 0.25) is 15.9 Å². The number of hydrogen-bond acceptors (Lipinski definition) is 3. The molecule has 7 heteroatoms. The van der Waals surface area contributed by atoms with Gasteiger partial charge >= 0.3 is 0 Å². The molecule has 5 nitrogen and oxygen atoms in total. The molecular formula is C17H25BrN2O3S. The van der Waals surface area contributed by atoms with Crippen LogP contribution in [0.3, 0.4) is 0 Å². The smallest absolute Gasteiger partial charge is 0.228 e. The van der Waals surface area contributed by atoms with Crippen LogP contribution in [0.1, 0.15) is 37.8 Å². The van der Waals surface area contributed by atoms with Gasteiger partial charge in [-0.2, -0.15) is 0 Å². The van der Waals surface area contributed by atoms with E-state index in [1.807, 2.05) is 26.0 Å². The summed E-state index contributed by atoms with van der Waals surface area (Å²) in [5, 5.41) is 3.04. The Hall–Kier alpha value is -0.920. The molecule has 1 aliphatic rings. The normalized spacial score (nSPS) is 19.2. The van der Waals surface area contributed by atoms with E-state index in [2.05, 4.69) is 21.2 Å². The van der Waals surface area contributed by atoms with Crippen molar-refractivity contribution in [3.63, 3.8) is 0 Å². The number of sulfonamides is 1.